The molecule has 0 bridgehead atoms. The molecule has 41 heavy (non-hydrogen) atoms. The van der Waals surface area contributed by atoms with Gasteiger partial charge in [0.15, 0.2) is 11.5 Å². The van der Waals surface area contributed by atoms with Crippen LogP contribution in [0.4, 0.5) is 0 Å². The number of carbonyl (C=O) groups excluding carboxylic acids is 3. The number of hydrogen-bond donors (Lipinski definition) is 2. The number of methoxy groups -OCH3 is 1. The Balaban J connectivity index is 1.85. The van der Waals surface area contributed by atoms with E-state index < -0.39 is 17.9 Å². The molecule has 2 unspecified atom stereocenters. The standard InChI is InChI=1S/C34H48N2O5/c1-23(2)12-10-8-9-11-13-32(37)35-22-28-16-19-30(31(21-28)40-7)41-34(39)26(6)36-33(38)25(5)29-17-14-27(15-18-29)20-24(3)4/h10,12,14-19,21,23-26H,8-9,11,13,20,22H2,1-7H3,(H,35,37)(H,36,38)/b12-10+. The smallest absolute Gasteiger partial charge is 0.333 e. The number of allylic oxidation sites excluding steroid dienone is 2. The number of benzene rings is 2. The molecule has 0 aliphatic carbocycles. The third-order valence-electron chi connectivity index (χ3n) is 6.70. The van der Waals surface area contributed by atoms with Crippen molar-refractivity contribution < 1.29 is 23.9 Å². The lowest BCUT2D eigenvalue weighted by molar-refractivity contribution is -0.139. The van der Waals surface area contributed by atoms with Gasteiger partial charge in [0.2, 0.25) is 11.8 Å². The Kier molecular flexibility index (Phi) is 14.1. The van der Waals surface area contributed by atoms with Crippen LogP contribution in [0.3, 0.4) is 0 Å². The lowest BCUT2D eigenvalue weighted by Gasteiger charge is -2.18. The molecule has 7 nitrogen and oxygen atoms in total. The second kappa shape index (κ2) is 17.3. The highest BCUT2D eigenvalue weighted by molar-refractivity contribution is 5.89. The summed E-state index contributed by atoms with van der Waals surface area (Å²) in [6.07, 6.45) is 8.62. The normalized spacial score (nSPS) is 12.8. The van der Waals surface area contributed by atoms with Crippen LogP contribution >= 0.6 is 0 Å². The number of carbonyl (C=O) groups is 3. The van der Waals surface area contributed by atoms with Gasteiger partial charge in [0.1, 0.15) is 6.04 Å². The Morgan fingerprint density at radius 3 is 2.20 bits per heavy atom. The fourth-order valence-corrected chi connectivity index (χ4v) is 4.27. The van der Waals surface area contributed by atoms with Crippen molar-refractivity contribution >= 4 is 17.8 Å². The molecule has 2 amide bonds. The van der Waals surface area contributed by atoms with Crippen LogP contribution in [0, 0.1) is 11.8 Å². The molecule has 2 aromatic rings. The van der Waals surface area contributed by atoms with Gasteiger partial charge in [-0.15, -0.1) is 0 Å². The highest BCUT2D eigenvalue weighted by Crippen LogP contribution is 2.28. The van der Waals surface area contributed by atoms with Gasteiger partial charge in [-0.3, -0.25) is 9.59 Å². The molecule has 0 saturated carbocycles. The first-order chi connectivity index (χ1) is 19.5. The Labute approximate surface area is 246 Å². The van der Waals surface area contributed by atoms with E-state index in [1.165, 1.54) is 12.7 Å². The van der Waals surface area contributed by atoms with E-state index in [0.29, 0.717) is 30.6 Å². The topological polar surface area (TPSA) is 93.7 Å². The zero-order valence-electron chi connectivity index (χ0n) is 25.8. The molecule has 224 valence electrons. The van der Waals surface area contributed by atoms with Gasteiger partial charge < -0.3 is 20.1 Å². The van der Waals surface area contributed by atoms with Gasteiger partial charge in [-0.1, -0.05) is 70.2 Å². The number of unbranched alkanes of at least 4 members (excludes halogenated alkanes) is 2. The van der Waals surface area contributed by atoms with Crippen molar-refractivity contribution in [3.63, 3.8) is 0 Å². The molecule has 0 heterocycles. The minimum atomic E-state index is -0.852. The van der Waals surface area contributed by atoms with Crippen LogP contribution in [-0.2, 0) is 27.3 Å². The number of esters is 1. The van der Waals surface area contributed by atoms with Crippen molar-refractivity contribution in [1.82, 2.24) is 10.6 Å². The van der Waals surface area contributed by atoms with Gasteiger partial charge in [0, 0.05) is 13.0 Å². The van der Waals surface area contributed by atoms with E-state index in [9.17, 15) is 14.4 Å². The fraction of sp³-hybridized carbons (Fsp3) is 0.500. The molecular formula is C34H48N2O5. The maximum absolute atomic E-state index is 12.8. The molecule has 2 aromatic carbocycles. The van der Waals surface area contributed by atoms with Crippen molar-refractivity contribution in [3.05, 3.63) is 71.3 Å². The summed E-state index contributed by atoms with van der Waals surface area (Å²) in [5, 5.41) is 5.68. The third-order valence-corrected chi connectivity index (χ3v) is 6.70. The second-order valence-electron chi connectivity index (χ2n) is 11.4. The number of amides is 2. The summed E-state index contributed by atoms with van der Waals surface area (Å²) in [4.78, 5) is 37.8. The van der Waals surface area contributed by atoms with E-state index >= 15 is 0 Å². The predicted octanol–water partition coefficient (Wildman–Crippen LogP) is 6.50. The van der Waals surface area contributed by atoms with Crippen molar-refractivity contribution in [1.29, 1.82) is 0 Å². The van der Waals surface area contributed by atoms with Crippen LogP contribution < -0.4 is 20.1 Å². The maximum atomic E-state index is 12.8. The summed E-state index contributed by atoms with van der Waals surface area (Å²) in [5.74, 6) is 0.462. The van der Waals surface area contributed by atoms with Crippen molar-refractivity contribution in [2.45, 2.75) is 92.2 Å². The minimum absolute atomic E-state index is 0.00222. The van der Waals surface area contributed by atoms with E-state index in [-0.39, 0.29) is 17.6 Å². The summed E-state index contributed by atoms with van der Waals surface area (Å²) in [7, 11) is 1.49. The molecular weight excluding hydrogens is 516 g/mol. The molecule has 0 aliphatic rings. The molecule has 0 radical (unpaired) electrons. The van der Waals surface area contributed by atoms with E-state index in [1.54, 1.807) is 25.1 Å². The molecule has 2 N–H and O–H groups in total. The average Bonchev–Trinajstić information content (AvgIpc) is 2.93. The van der Waals surface area contributed by atoms with Crippen molar-refractivity contribution in [3.8, 4) is 11.5 Å². The number of hydrogen-bond acceptors (Lipinski definition) is 5. The van der Waals surface area contributed by atoms with Crippen molar-refractivity contribution in [2.24, 2.45) is 11.8 Å². The minimum Gasteiger partial charge on any atom is -0.493 e. The molecule has 0 spiro atoms. The fourth-order valence-electron chi connectivity index (χ4n) is 4.27. The van der Waals surface area contributed by atoms with Gasteiger partial charge in [-0.25, -0.2) is 4.79 Å². The van der Waals surface area contributed by atoms with Crippen LogP contribution in [0.5, 0.6) is 11.5 Å². The van der Waals surface area contributed by atoms with Crippen molar-refractivity contribution in [2.75, 3.05) is 7.11 Å². The monoisotopic (exact) mass is 564 g/mol. The summed E-state index contributed by atoms with van der Waals surface area (Å²) < 4.78 is 11.0. The molecule has 7 heteroatoms. The van der Waals surface area contributed by atoms with E-state index in [1.807, 2.05) is 31.2 Å². The molecule has 0 aliphatic heterocycles. The third kappa shape index (κ3) is 12.2. The second-order valence-corrected chi connectivity index (χ2v) is 11.4. The highest BCUT2D eigenvalue weighted by Gasteiger charge is 2.23. The lowest BCUT2D eigenvalue weighted by atomic mass is 9.96. The first-order valence-corrected chi connectivity index (χ1v) is 14.7. The Bertz CT molecular complexity index is 1150. The quantitative estimate of drug-likeness (QED) is 0.105. The zero-order valence-corrected chi connectivity index (χ0v) is 25.8. The molecule has 0 aromatic heterocycles. The SMILES string of the molecule is COc1cc(CNC(=O)CCCC/C=C/C(C)C)ccc1OC(=O)C(C)NC(=O)C(C)c1ccc(CC(C)C)cc1. The number of ether oxygens (including phenoxy) is 2. The summed E-state index contributed by atoms with van der Waals surface area (Å²) in [6, 6.07) is 12.3. The Morgan fingerprint density at radius 1 is 0.878 bits per heavy atom. The van der Waals surface area contributed by atoms with Crippen LogP contribution in [0.2, 0.25) is 0 Å². The number of nitrogens with one attached hydrogen (secondary N) is 2. The van der Waals surface area contributed by atoms with E-state index in [2.05, 4.69) is 50.5 Å². The van der Waals surface area contributed by atoms with Crippen LogP contribution in [-0.4, -0.2) is 30.9 Å². The maximum Gasteiger partial charge on any atom is 0.333 e. The van der Waals surface area contributed by atoms with Crippen LogP contribution in [0.1, 0.15) is 89.8 Å². The zero-order chi connectivity index (χ0) is 30.4. The summed E-state index contributed by atoms with van der Waals surface area (Å²) >= 11 is 0. The predicted molar refractivity (Wildman–Crippen MR) is 164 cm³/mol. The molecule has 2 rings (SSSR count). The number of rotatable bonds is 16. The largest absolute Gasteiger partial charge is 0.493 e. The van der Waals surface area contributed by atoms with Crippen LogP contribution in [0.15, 0.2) is 54.6 Å². The van der Waals surface area contributed by atoms with Gasteiger partial charge >= 0.3 is 5.97 Å². The van der Waals surface area contributed by atoms with E-state index in [4.69, 9.17) is 9.47 Å². The Hall–Kier alpha value is -3.61. The Morgan fingerprint density at radius 2 is 1.56 bits per heavy atom. The van der Waals surface area contributed by atoms with Gasteiger partial charge in [0.05, 0.1) is 13.0 Å². The molecule has 2 atom stereocenters. The first-order valence-electron chi connectivity index (χ1n) is 14.7. The lowest BCUT2D eigenvalue weighted by Crippen LogP contribution is -2.42. The van der Waals surface area contributed by atoms with Gasteiger partial charge in [-0.05, 0) is 80.2 Å². The first kappa shape index (κ1) is 33.6. The van der Waals surface area contributed by atoms with E-state index in [0.717, 1.165) is 36.8 Å². The van der Waals surface area contributed by atoms with Gasteiger partial charge in [0.25, 0.3) is 0 Å². The van der Waals surface area contributed by atoms with Gasteiger partial charge in [-0.2, -0.15) is 0 Å². The average molecular weight is 565 g/mol. The molecule has 0 saturated heterocycles. The summed E-state index contributed by atoms with van der Waals surface area (Å²) in [6.45, 7) is 12.4. The molecule has 0 fully saturated rings. The van der Waals surface area contributed by atoms with Crippen LogP contribution in [0.25, 0.3) is 0 Å². The highest BCUT2D eigenvalue weighted by atomic mass is 16.6. The summed E-state index contributed by atoms with van der Waals surface area (Å²) in [5.41, 5.74) is 2.94.